The smallest absolute Gasteiger partial charge is 0.306 e. The Bertz CT molecular complexity index is 419. The van der Waals surface area contributed by atoms with E-state index in [2.05, 4.69) is 10.3 Å². The maximum absolute atomic E-state index is 11.0. The molecule has 5 heteroatoms. The lowest BCUT2D eigenvalue weighted by Crippen LogP contribution is -2.30. The van der Waals surface area contributed by atoms with Crippen LogP contribution in [0, 0.1) is 5.92 Å². The summed E-state index contributed by atoms with van der Waals surface area (Å²) in [7, 11) is 0. The third kappa shape index (κ3) is 3.84. The maximum Gasteiger partial charge on any atom is 0.306 e. The van der Waals surface area contributed by atoms with E-state index in [0.29, 0.717) is 18.9 Å². The van der Waals surface area contributed by atoms with Gasteiger partial charge in [0.2, 0.25) is 5.88 Å². The van der Waals surface area contributed by atoms with E-state index in [0.717, 1.165) is 24.9 Å². The maximum atomic E-state index is 11.0. The highest BCUT2D eigenvalue weighted by Gasteiger charge is 2.26. The molecule has 2 atom stereocenters. The van der Waals surface area contributed by atoms with Crippen molar-refractivity contribution in [3.63, 3.8) is 0 Å². The molecule has 0 bridgehead atoms. The van der Waals surface area contributed by atoms with Crippen LogP contribution in [0.3, 0.4) is 0 Å². The zero-order valence-electron chi connectivity index (χ0n) is 11.1. The third-order valence-electron chi connectivity index (χ3n) is 3.42. The molecule has 1 saturated carbocycles. The first-order valence-corrected chi connectivity index (χ1v) is 6.77. The van der Waals surface area contributed by atoms with Crippen LogP contribution in [0.25, 0.3) is 0 Å². The number of pyridine rings is 1. The van der Waals surface area contributed by atoms with Gasteiger partial charge in [-0.1, -0.05) is 6.42 Å². The van der Waals surface area contributed by atoms with Gasteiger partial charge in [0.1, 0.15) is 0 Å². The van der Waals surface area contributed by atoms with E-state index in [1.54, 1.807) is 6.20 Å². The van der Waals surface area contributed by atoms with E-state index in [1.807, 2.05) is 19.1 Å². The van der Waals surface area contributed by atoms with E-state index < -0.39 is 5.97 Å². The molecule has 5 nitrogen and oxygen atoms in total. The van der Waals surface area contributed by atoms with Gasteiger partial charge in [0.25, 0.3) is 0 Å². The Hall–Kier alpha value is -1.78. The van der Waals surface area contributed by atoms with Crippen molar-refractivity contribution in [3.05, 3.63) is 18.3 Å². The summed E-state index contributed by atoms with van der Waals surface area (Å²) < 4.78 is 5.28. The number of aromatic nitrogens is 1. The number of hydrogen-bond acceptors (Lipinski definition) is 4. The molecule has 1 aliphatic rings. The second-order valence-corrected chi connectivity index (χ2v) is 4.86. The van der Waals surface area contributed by atoms with Crippen LogP contribution in [0.2, 0.25) is 0 Å². The highest BCUT2D eigenvalue weighted by molar-refractivity contribution is 5.70. The number of carboxylic acids is 1. The predicted molar refractivity (Wildman–Crippen MR) is 72.4 cm³/mol. The number of rotatable bonds is 5. The molecule has 104 valence electrons. The molecule has 1 aliphatic carbocycles. The fourth-order valence-electron chi connectivity index (χ4n) is 2.48. The molecule has 1 fully saturated rings. The Morgan fingerprint density at radius 2 is 2.37 bits per heavy atom. The minimum Gasteiger partial charge on any atom is -0.481 e. The fraction of sp³-hybridized carbons (Fsp3) is 0.571. The summed E-state index contributed by atoms with van der Waals surface area (Å²) in [4.78, 5) is 15.2. The molecular formula is C14H20N2O3. The quantitative estimate of drug-likeness (QED) is 0.855. The van der Waals surface area contributed by atoms with Crippen molar-refractivity contribution >= 4 is 11.7 Å². The molecule has 0 amide bonds. The van der Waals surface area contributed by atoms with Crippen molar-refractivity contribution in [2.75, 3.05) is 11.9 Å². The van der Waals surface area contributed by atoms with Crippen LogP contribution in [0.15, 0.2) is 18.3 Å². The van der Waals surface area contributed by atoms with Gasteiger partial charge in [-0.25, -0.2) is 4.98 Å². The van der Waals surface area contributed by atoms with Crippen LogP contribution in [0.4, 0.5) is 5.69 Å². The van der Waals surface area contributed by atoms with Crippen LogP contribution in [-0.4, -0.2) is 28.7 Å². The molecule has 0 aliphatic heterocycles. The Balaban J connectivity index is 1.91. The summed E-state index contributed by atoms with van der Waals surface area (Å²) in [5.74, 6) is -0.293. The molecule has 19 heavy (non-hydrogen) atoms. The van der Waals surface area contributed by atoms with Crippen molar-refractivity contribution in [1.29, 1.82) is 0 Å². The van der Waals surface area contributed by atoms with Crippen molar-refractivity contribution in [2.45, 2.75) is 38.6 Å². The molecule has 1 aromatic rings. The molecule has 2 rings (SSSR count). The standard InChI is InChI=1S/C14H20N2O3/c1-2-19-13-7-6-12(9-15-13)16-11-5-3-4-10(8-11)14(17)18/h6-7,9-11,16H,2-5,8H2,1H3,(H,17,18). The average Bonchev–Trinajstić information content (AvgIpc) is 2.42. The van der Waals surface area contributed by atoms with Crippen molar-refractivity contribution in [1.82, 2.24) is 4.98 Å². The number of hydrogen-bond donors (Lipinski definition) is 2. The normalized spacial score (nSPS) is 22.8. The van der Waals surface area contributed by atoms with Gasteiger partial charge in [0, 0.05) is 12.1 Å². The van der Waals surface area contributed by atoms with Crippen molar-refractivity contribution < 1.29 is 14.6 Å². The van der Waals surface area contributed by atoms with Gasteiger partial charge in [-0.15, -0.1) is 0 Å². The van der Waals surface area contributed by atoms with Gasteiger partial charge < -0.3 is 15.2 Å². The van der Waals surface area contributed by atoms with Crippen LogP contribution >= 0.6 is 0 Å². The van der Waals surface area contributed by atoms with Crippen LogP contribution < -0.4 is 10.1 Å². The highest BCUT2D eigenvalue weighted by Crippen LogP contribution is 2.27. The average molecular weight is 264 g/mol. The van der Waals surface area contributed by atoms with Gasteiger partial charge in [-0.2, -0.15) is 0 Å². The number of carbonyl (C=O) groups is 1. The zero-order chi connectivity index (χ0) is 13.7. The molecule has 0 spiro atoms. The Labute approximate surface area is 113 Å². The number of ether oxygens (including phenoxy) is 1. The van der Waals surface area contributed by atoms with E-state index >= 15 is 0 Å². The molecule has 1 heterocycles. The summed E-state index contributed by atoms with van der Waals surface area (Å²) in [6, 6.07) is 3.96. The number of carboxylic acid groups (broad SMARTS) is 1. The minimum atomic E-state index is -0.684. The van der Waals surface area contributed by atoms with Gasteiger partial charge in [0.15, 0.2) is 0 Å². The Kier molecular flexibility index (Phi) is 4.60. The summed E-state index contributed by atoms with van der Waals surface area (Å²) in [5, 5.41) is 12.4. The lowest BCUT2D eigenvalue weighted by molar-refractivity contribution is -0.142. The summed E-state index contributed by atoms with van der Waals surface area (Å²) in [6.07, 6.45) is 5.17. The van der Waals surface area contributed by atoms with Gasteiger partial charge in [-0.3, -0.25) is 4.79 Å². The van der Waals surface area contributed by atoms with Crippen LogP contribution in [0.5, 0.6) is 5.88 Å². The minimum absolute atomic E-state index is 0.217. The first-order valence-electron chi connectivity index (χ1n) is 6.77. The molecule has 2 unspecified atom stereocenters. The molecule has 0 radical (unpaired) electrons. The molecule has 0 saturated heterocycles. The Morgan fingerprint density at radius 3 is 3.00 bits per heavy atom. The second kappa shape index (κ2) is 6.41. The van der Waals surface area contributed by atoms with Gasteiger partial charge in [-0.05, 0) is 32.3 Å². The number of nitrogens with one attached hydrogen (secondary N) is 1. The molecule has 1 aromatic heterocycles. The van der Waals surface area contributed by atoms with E-state index in [4.69, 9.17) is 9.84 Å². The third-order valence-corrected chi connectivity index (χ3v) is 3.42. The Morgan fingerprint density at radius 1 is 1.53 bits per heavy atom. The fourth-order valence-corrected chi connectivity index (χ4v) is 2.48. The highest BCUT2D eigenvalue weighted by atomic mass is 16.5. The second-order valence-electron chi connectivity index (χ2n) is 4.86. The zero-order valence-corrected chi connectivity index (χ0v) is 11.1. The van der Waals surface area contributed by atoms with Crippen LogP contribution in [0.1, 0.15) is 32.6 Å². The first kappa shape index (κ1) is 13.6. The summed E-state index contributed by atoms with van der Waals surface area (Å²) >= 11 is 0. The lowest BCUT2D eigenvalue weighted by Gasteiger charge is -2.28. The van der Waals surface area contributed by atoms with Crippen molar-refractivity contribution in [2.24, 2.45) is 5.92 Å². The monoisotopic (exact) mass is 264 g/mol. The van der Waals surface area contributed by atoms with Crippen LogP contribution in [-0.2, 0) is 4.79 Å². The molecule has 0 aromatic carbocycles. The number of anilines is 1. The lowest BCUT2D eigenvalue weighted by atomic mass is 9.86. The van der Waals surface area contributed by atoms with E-state index in [-0.39, 0.29) is 12.0 Å². The molecular weight excluding hydrogens is 244 g/mol. The number of nitrogens with zero attached hydrogens (tertiary/aromatic N) is 1. The molecule has 2 N–H and O–H groups in total. The number of aliphatic carboxylic acids is 1. The van der Waals surface area contributed by atoms with E-state index in [1.165, 1.54) is 0 Å². The van der Waals surface area contributed by atoms with Gasteiger partial charge >= 0.3 is 5.97 Å². The summed E-state index contributed by atoms with van der Waals surface area (Å²) in [6.45, 7) is 2.52. The van der Waals surface area contributed by atoms with E-state index in [9.17, 15) is 4.79 Å². The SMILES string of the molecule is CCOc1ccc(NC2CCCC(C(=O)O)C2)cn1. The van der Waals surface area contributed by atoms with Gasteiger partial charge in [0.05, 0.1) is 24.4 Å². The summed E-state index contributed by atoms with van der Waals surface area (Å²) in [5.41, 5.74) is 0.916. The topological polar surface area (TPSA) is 71.5 Å². The predicted octanol–water partition coefficient (Wildman–Crippen LogP) is 2.54. The first-order chi connectivity index (χ1) is 9.19. The van der Waals surface area contributed by atoms with Crippen molar-refractivity contribution in [3.8, 4) is 5.88 Å². The largest absolute Gasteiger partial charge is 0.481 e.